The zero-order chi connectivity index (χ0) is 15.0. The van der Waals surface area contributed by atoms with Gasteiger partial charge in [0, 0.05) is 23.8 Å². The largest absolute Gasteiger partial charge is 0.375 e. The number of carbonyl (C=O) groups excluding carboxylic acids is 1. The Hall–Kier alpha value is -1.44. The number of morpholine rings is 1. The summed E-state index contributed by atoms with van der Waals surface area (Å²) in [5, 5.41) is 0. The van der Waals surface area contributed by atoms with Gasteiger partial charge in [0.1, 0.15) is 11.7 Å². The lowest BCUT2D eigenvalue weighted by molar-refractivity contribution is -0.136. The van der Waals surface area contributed by atoms with E-state index in [9.17, 15) is 4.79 Å². The quantitative estimate of drug-likeness (QED) is 0.899. The van der Waals surface area contributed by atoms with Crippen molar-refractivity contribution < 1.29 is 9.53 Å². The number of carbonyl (C=O) groups is 1. The van der Waals surface area contributed by atoms with E-state index in [1.165, 1.54) is 0 Å². The van der Waals surface area contributed by atoms with Gasteiger partial charge in [-0.15, -0.1) is 0 Å². The number of imidazole rings is 1. The Morgan fingerprint density at radius 1 is 1.57 bits per heavy atom. The fourth-order valence-corrected chi connectivity index (χ4v) is 3.14. The summed E-state index contributed by atoms with van der Waals surface area (Å²) < 4.78 is 8.53. The SMILES string of the molecule is C[C@H]1OCCN(Cc2cnc3ccc(Br)cn23)[C@@H]1C(N)=O. The van der Waals surface area contributed by atoms with Crippen molar-refractivity contribution in [2.24, 2.45) is 5.73 Å². The standard InChI is InChI=1S/C14H17BrN4O2/c1-9-13(14(16)20)18(4-5-21-9)8-11-6-17-12-3-2-10(15)7-19(11)12/h2-3,6-7,9,13H,4-5,8H2,1H3,(H2,16,20)/t9-,13+/m1/s1. The number of rotatable bonds is 3. The Morgan fingerprint density at radius 2 is 2.38 bits per heavy atom. The predicted octanol–water partition coefficient (Wildman–Crippen LogP) is 1.17. The number of primary amides is 1. The van der Waals surface area contributed by atoms with Crippen LogP contribution < -0.4 is 5.73 Å². The summed E-state index contributed by atoms with van der Waals surface area (Å²) in [6, 6.07) is 3.49. The van der Waals surface area contributed by atoms with E-state index in [0.717, 1.165) is 15.8 Å². The molecule has 2 aromatic heterocycles. The fourth-order valence-electron chi connectivity index (χ4n) is 2.80. The molecule has 0 aliphatic carbocycles. The van der Waals surface area contributed by atoms with Crippen LogP contribution in [-0.4, -0.2) is 45.5 Å². The van der Waals surface area contributed by atoms with Gasteiger partial charge in [-0.1, -0.05) is 0 Å². The summed E-state index contributed by atoms with van der Waals surface area (Å²) in [4.78, 5) is 18.1. The number of fused-ring (bicyclic) bond motifs is 1. The van der Waals surface area contributed by atoms with Gasteiger partial charge in [-0.25, -0.2) is 4.98 Å². The van der Waals surface area contributed by atoms with E-state index in [-0.39, 0.29) is 12.0 Å². The molecule has 2 atom stereocenters. The van der Waals surface area contributed by atoms with Crippen LogP contribution in [0.4, 0.5) is 0 Å². The molecule has 1 aliphatic rings. The summed E-state index contributed by atoms with van der Waals surface area (Å²) in [6.45, 7) is 3.77. The average molecular weight is 353 g/mol. The molecule has 1 saturated heterocycles. The molecular weight excluding hydrogens is 336 g/mol. The lowest BCUT2D eigenvalue weighted by Gasteiger charge is -2.37. The van der Waals surface area contributed by atoms with Crippen LogP contribution in [0.5, 0.6) is 0 Å². The van der Waals surface area contributed by atoms with E-state index >= 15 is 0 Å². The average Bonchev–Trinajstić information content (AvgIpc) is 2.81. The molecule has 0 aromatic carbocycles. The third-order valence-electron chi connectivity index (χ3n) is 3.80. The Kier molecular flexibility index (Phi) is 3.97. The monoisotopic (exact) mass is 352 g/mol. The Morgan fingerprint density at radius 3 is 3.14 bits per heavy atom. The molecule has 21 heavy (non-hydrogen) atoms. The third kappa shape index (κ3) is 2.81. The molecule has 0 saturated carbocycles. The first-order chi connectivity index (χ1) is 10.1. The maximum Gasteiger partial charge on any atom is 0.237 e. The molecule has 7 heteroatoms. The molecule has 0 spiro atoms. The molecule has 2 N–H and O–H groups in total. The smallest absolute Gasteiger partial charge is 0.237 e. The van der Waals surface area contributed by atoms with Gasteiger partial charge in [-0.3, -0.25) is 9.69 Å². The molecule has 1 aliphatic heterocycles. The van der Waals surface area contributed by atoms with Crippen LogP contribution in [-0.2, 0) is 16.1 Å². The van der Waals surface area contributed by atoms with Crippen molar-refractivity contribution in [2.75, 3.05) is 13.2 Å². The highest BCUT2D eigenvalue weighted by molar-refractivity contribution is 9.10. The lowest BCUT2D eigenvalue weighted by Crippen LogP contribution is -2.56. The second-order valence-electron chi connectivity index (χ2n) is 5.22. The van der Waals surface area contributed by atoms with E-state index < -0.39 is 6.04 Å². The Balaban J connectivity index is 1.89. The molecule has 1 amide bonds. The molecule has 0 bridgehead atoms. The number of hydrogen-bond donors (Lipinski definition) is 1. The van der Waals surface area contributed by atoms with Crippen LogP contribution >= 0.6 is 15.9 Å². The molecule has 1 fully saturated rings. The van der Waals surface area contributed by atoms with Crippen molar-refractivity contribution in [2.45, 2.75) is 25.6 Å². The van der Waals surface area contributed by atoms with Crippen LogP contribution in [0, 0.1) is 0 Å². The van der Waals surface area contributed by atoms with E-state index in [1.807, 2.05) is 35.9 Å². The molecule has 6 nitrogen and oxygen atoms in total. The number of nitrogens with zero attached hydrogens (tertiary/aromatic N) is 3. The van der Waals surface area contributed by atoms with E-state index in [0.29, 0.717) is 19.7 Å². The van der Waals surface area contributed by atoms with Gasteiger partial charge in [-0.05, 0) is 35.0 Å². The highest BCUT2D eigenvalue weighted by Crippen LogP contribution is 2.19. The zero-order valence-electron chi connectivity index (χ0n) is 11.7. The summed E-state index contributed by atoms with van der Waals surface area (Å²) in [5.41, 5.74) is 7.42. The minimum atomic E-state index is -0.406. The second-order valence-corrected chi connectivity index (χ2v) is 6.13. The summed E-state index contributed by atoms with van der Waals surface area (Å²) in [6.07, 6.45) is 3.61. The Bertz CT molecular complexity index is 672. The summed E-state index contributed by atoms with van der Waals surface area (Å²) in [7, 11) is 0. The summed E-state index contributed by atoms with van der Waals surface area (Å²) >= 11 is 3.46. The predicted molar refractivity (Wildman–Crippen MR) is 81.7 cm³/mol. The first kappa shape index (κ1) is 14.5. The molecule has 0 radical (unpaired) electrons. The maximum absolute atomic E-state index is 11.7. The number of pyridine rings is 1. The fraction of sp³-hybridized carbons (Fsp3) is 0.429. The number of aromatic nitrogens is 2. The van der Waals surface area contributed by atoms with Gasteiger partial charge < -0.3 is 14.9 Å². The second kappa shape index (κ2) is 5.75. The van der Waals surface area contributed by atoms with Crippen molar-refractivity contribution in [3.05, 3.63) is 34.7 Å². The van der Waals surface area contributed by atoms with E-state index in [4.69, 9.17) is 10.5 Å². The van der Waals surface area contributed by atoms with Gasteiger partial charge in [0.25, 0.3) is 0 Å². The normalized spacial score (nSPS) is 23.5. The maximum atomic E-state index is 11.7. The van der Waals surface area contributed by atoms with Crippen LogP contribution in [0.15, 0.2) is 29.0 Å². The van der Waals surface area contributed by atoms with Crippen molar-refractivity contribution in [1.82, 2.24) is 14.3 Å². The van der Waals surface area contributed by atoms with Gasteiger partial charge in [0.15, 0.2) is 0 Å². The number of hydrogen-bond acceptors (Lipinski definition) is 4. The number of amides is 1. The molecule has 112 valence electrons. The molecular formula is C14H17BrN4O2. The van der Waals surface area contributed by atoms with Crippen LogP contribution in [0.1, 0.15) is 12.6 Å². The van der Waals surface area contributed by atoms with E-state index in [2.05, 4.69) is 25.8 Å². The van der Waals surface area contributed by atoms with Crippen LogP contribution in [0.25, 0.3) is 5.65 Å². The topological polar surface area (TPSA) is 72.9 Å². The van der Waals surface area contributed by atoms with Crippen molar-refractivity contribution in [3.8, 4) is 0 Å². The first-order valence-corrected chi connectivity index (χ1v) is 7.62. The first-order valence-electron chi connectivity index (χ1n) is 6.82. The highest BCUT2D eigenvalue weighted by atomic mass is 79.9. The highest BCUT2D eigenvalue weighted by Gasteiger charge is 2.34. The van der Waals surface area contributed by atoms with Gasteiger partial charge in [-0.2, -0.15) is 0 Å². The lowest BCUT2D eigenvalue weighted by atomic mass is 10.1. The number of nitrogens with two attached hydrogens (primary N) is 1. The van der Waals surface area contributed by atoms with E-state index in [1.54, 1.807) is 0 Å². The molecule has 0 unspecified atom stereocenters. The Labute approximate surface area is 131 Å². The van der Waals surface area contributed by atoms with Crippen LogP contribution in [0.2, 0.25) is 0 Å². The van der Waals surface area contributed by atoms with Crippen molar-refractivity contribution in [1.29, 1.82) is 0 Å². The third-order valence-corrected chi connectivity index (χ3v) is 4.27. The minimum Gasteiger partial charge on any atom is -0.375 e. The summed E-state index contributed by atoms with van der Waals surface area (Å²) in [5.74, 6) is -0.350. The molecule has 3 heterocycles. The van der Waals surface area contributed by atoms with Gasteiger partial charge in [0.05, 0.1) is 24.6 Å². The zero-order valence-corrected chi connectivity index (χ0v) is 13.3. The number of halogens is 1. The van der Waals surface area contributed by atoms with Crippen molar-refractivity contribution in [3.63, 3.8) is 0 Å². The van der Waals surface area contributed by atoms with Gasteiger partial charge >= 0.3 is 0 Å². The minimum absolute atomic E-state index is 0.192. The van der Waals surface area contributed by atoms with Crippen LogP contribution in [0.3, 0.4) is 0 Å². The van der Waals surface area contributed by atoms with Crippen molar-refractivity contribution >= 4 is 27.5 Å². The van der Waals surface area contributed by atoms with Gasteiger partial charge in [0.2, 0.25) is 5.91 Å². The number of ether oxygens (including phenoxy) is 1. The molecule has 3 rings (SSSR count). The molecule has 2 aromatic rings.